The summed E-state index contributed by atoms with van der Waals surface area (Å²) in [6, 6.07) is 11.4. The summed E-state index contributed by atoms with van der Waals surface area (Å²) in [4.78, 5) is 68.0. The molecule has 0 spiro atoms. The van der Waals surface area contributed by atoms with Crippen LogP contribution in [0.4, 0.5) is 5.82 Å². The first kappa shape index (κ1) is 39.1. The second-order valence-electron chi connectivity index (χ2n) is 17.5. The number of pyridine rings is 1. The molecule has 1 atom stereocenters. The third-order valence-corrected chi connectivity index (χ3v) is 13.5. The third-order valence-electron chi connectivity index (χ3n) is 13.5. The summed E-state index contributed by atoms with van der Waals surface area (Å²) in [5, 5.41) is 15.7. The van der Waals surface area contributed by atoms with Crippen LogP contribution in [0, 0.1) is 5.92 Å². The van der Waals surface area contributed by atoms with Crippen molar-refractivity contribution in [3.05, 3.63) is 71.4 Å². The molecule has 10 rings (SSSR count). The fourth-order valence-electron chi connectivity index (χ4n) is 9.77. The minimum absolute atomic E-state index is 0.00336. The van der Waals surface area contributed by atoms with Crippen LogP contribution in [0.25, 0.3) is 33.7 Å². The monoisotopic (exact) mass is 825 g/mol. The average Bonchev–Trinajstić information content (AvgIpc) is 3.76. The molecule has 16 nitrogen and oxygen atoms in total. The maximum absolute atomic E-state index is 13.2. The van der Waals surface area contributed by atoms with Gasteiger partial charge in [-0.15, -0.1) is 0 Å². The first-order valence-electron chi connectivity index (χ1n) is 22.0. The fraction of sp³-hybridized carbons (Fsp3) is 0.489. The molecule has 2 aliphatic carbocycles. The molecule has 1 unspecified atom stereocenters. The van der Waals surface area contributed by atoms with Crippen LogP contribution >= 0.6 is 0 Å². The zero-order chi connectivity index (χ0) is 41.6. The van der Waals surface area contributed by atoms with E-state index in [1.807, 2.05) is 28.9 Å². The summed E-state index contributed by atoms with van der Waals surface area (Å²) in [7, 11) is 0. The Bertz CT molecular complexity index is 2480. The van der Waals surface area contributed by atoms with Gasteiger partial charge in [-0.3, -0.25) is 29.5 Å². The maximum atomic E-state index is 13.2. The van der Waals surface area contributed by atoms with Gasteiger partial charge < -0.3 is 25.4 Å². The summed E-state index contributed by atoms with van der Waals surface area (Å²) in [6.45, 7) is 4.26. The number of piperidine rings is 2. The summed E-state index contributed by atoms with van der Waals surface area (Å²) < 4.78 is 7.81. The van der Waals surface area contributed by atoms with Crippen molar-refractivity contribution in [2.24, 2.45) is 5.92 Å². The molecule has 4 fully saturated rings. The zero-order valence-corrected chi connectivity index (χ0v) is 34.2. The van der Waals surface area contributed by atoms with Gasteiger partial charge in [-0.2, -0.15) is 5.10 Å². The number of nitrogens with one attached hydrogen (secondary N) is 2. The van der Waals surface area contributed by atoms with E-state index in [0.29, 0.717) is 78.0 Å². The zero-order valence-electron chi connectivity index (χ0n) is 34.2. The lowest BCUT2D eigenvalue weighted by molar-refractivity contribution is -0.137. The van der Waals surface area contributed by atoms with Crippen LogP contribution in [-0.4, -0.2) is 95.5 Å². The second kappa shape index (κ2) is 16.4. The SMILES string of the molecule is Nc1ncnc2c1c(-c1noc(C3CC3)c1-c1ccccn1)nn2C1CC(C(=O)NCCCCCCN2CCC(c3ccc4c(c3)CN(C3CCC(=O)NC3=O)C4=O)CC2)C1. The van der Waals surface area contributed by atoms with Crippen LogP contribution in [-0.2, 0) is 20.9 Å². The quantitative estimate of drug-likeness (QED) is 0.0967. The minimum atomic E-state index is -0.590. The Labute approximate surface area is 353 Å². The van der Waals surface area contributed by atoms with Gasteiger partial charge in [0.1, 0.15) is 35.3 Å². The van der Waals surface area contributed by atoms with Crippen LogP contribution in [0.3, 0.4) is 0 Å². The molecule has 4 amide bonds. The smallest absolute Gasteiger partial charge is 0.255 e. The van der Waals surface area contributed by atoms with E-state index in [4.69, 9.17) is 15.4 Å². The average molecular weight is 826 g/mol. The van der Waals surface area contributed by atoms with Crippen molar-refractivity contribution >= 4 is 40.5 Å². The summed E-state index contributed by atoms with van der Waals surface area (Å²) >= 11 is 0. The largest absolute Gasteiger partial charge is 0.383 e. The second-order valence-corrected chi connectivity index (χ2v) is 17.5. The first-order chi connectivity index (χ1) is 29.8. The van der Waals surface area contributed by atoms with Crippen molar-refractivity contribution in [3.63, 3.8) is 0 Å². The van der Waals surface area contributed by atoms with Crippen LogP contribution in [0.15, 0.2) is 53.4 Å². The van der Waals surface area contributed by atoms with Gasteiger partial charge in [0.05, 0.1) is 22.7 Å². The highest BCUT2D eigenvalue weighted by Gasteiger charge is 2.41. The number of anilines is 1. The van der Waals surface area contributed by atoms with Crippen LogP contribution in [0.5, 0.6) is 0 Å². The standard InChI is InChI=1S/C45H51N11O5/c46-41-37-38(39-36(33-7-3-5-16-47-33)40(61-53-39)27-8-9-27)52-56(42(37)50-25-49-41)31-22-29(23-31)43(58)48-17-4-1-2-6-18-54-19-14-26(15-20-54)28-10-11-32-30(21-28)24-55(45(32)60)34-12-13-35(57)51-44(34)59/h3,5,7,10-11,16,21,25-27,29,31,34H,1-2,4,6,8-9,12-15,17-20,22-24H2,(H,48,58)(H2,46,49,50)(H,51,57,59). The van der Waals surface area contributed by atoms with Crippen molar-refractivity contribution in [1.82, 2.24) is 50.3 Å². The van der Waals surface area contributed by atoms with E-state index in [2.05, 4.69) is 47.8 Å². The number of aromatic nitrogens is 6. The molecule has 5 aromatic rings. The van der Waals surface area contributed by atoms with E-state index in [-0.39, 0.29) is 42.0 Å². The highest BCUT2D eigenvalue weighted by atomic mass is 16.5. The van der Waals surface area contributed by atoms with Crippen LogP contribution in [0.1, 0.15) is 122 Å². The predicted molar refractivity (Wildman–Crippen MR) is 225 cm³/mol. The fourth-order valence-corrected chi connectivity index (χ4v) is 9.77. The summed E-state index contributed by atoms with van der Waals surface area (Å²) in [5.41, 5.74) is 12.7. The van der Waals surface area contributed by atoms with Gasteiger partial charge in [-0.25, -0.2) is 14.6 Å². The number of unbranched alkanes of at least 4 members (excludes halogenated alkanes) is 3. The predicted octanol–water partition coefficient (Wildman–Crippen LogP) is 5.27. The van der Waals surface area contributed by atoms with Crippen LogP contribution in [0.2, 0.25) is 0 Å². The maximum Gasteiger partial charge on any atom is 0.255 e. The van der Waals surface area contributed by atoms with E-state index in [1.54, 1.807) is 11.1 Å². The Morgan fingerprint density at radius 3 is 2.54 bits per heavy atom. The third kappa shape index (κ3) is 7.66. The Balaban J connectivity index is 0.655. The van der Waals surface area contributed by atoms with Gasteiger partial charge in [0.25, 0.3) is 5.91 Å². The Hall–Kier alpha value is -6.03. The van der Waals surface area contributed by atoms with E-state index in [9.17, 15) is 19.2 Å². The highest BCUT2D eigenvalue weighted by Crippen LogP contribution is 2.49. The molecule has 0 radical (unpaired) electrons. The number of nitrogens with two attached hydrogens (primary N) is 1. The number of likely N-dealkylation sites (tertiary alicyclic amines) is 1. The molecule has 61 heavy (non-hydrogen) atoms. The number of nitrogens with zero attached hydrogens (tertiary/aromatic N) is 8. The number of carbonyl (C=O) groups excluding carboxylic acids is 4. The van der Waals surface area contributed by atoms with Gasteiger partial charge >= 0.3 is 0 Å². The molecule has 2 saturated carbocycles. The molecular formula is C45H51N11O5. The number of nitrogen functional groups attached to an aromatic ring is 1. The van der Waals surface area contributed by atoms with E-state index in [1.165, 1.54) is 11.9 Å². The van der Waals surface area contributed by atoms with Gasteiger partial charge in [0.15, 0.2) is 5.65 Å². The molecule has 16 heteroatoms. The topological polar surface area (TPSA) is 207 Å². The van der Waals surface area contributed by atoms with Crippen molar-refractivity contribution in [2.75, 3.05) is 31.9 Å². The number of carbonyl (C=O) groups is 4. The van der Waals surface area contributed by atoms with Crippen molar-refractivity contribution in [3.8, 4) is 22.6 Å². The van der Waals surface area contributed by atoms with Crippen molar-refractivity contribution in [1.29, 1.82) is 0 Å². The number of imide groups is 1. The number of hydrogen-bond donors (Lipinski definition) is 3. The van der Waals surface area contributed by atoms with E-state index in [0.717, 1.165) is 93.6 Å². The highest BCUT2D eigenvalue weighted by molar-refractivity contribution is 6.05. The molecule has 5 aliphatic rings. The molecule has 316 valence electrons. The van der Waals surface area contributed by atoms with E-state index < -0.39 is 6.04 Å². The Morgan fingerprint density at radius 2 is 1.75 bits per heavy atom. The lowest BCUT2D eigenvalue weighted by Gasteiger charge is -2.34. The normalized spacial score (nSPS) is 22.1. The molecule has 3 aliphatic heterocycles. The first-order valence-corrected chi connectivity index (χ1v) is 22.0. The van der Waals surface area contributed by atoms with Gasteiger partial charge in [-0.1, -0.05) is 36.2 Å². The van der Waals surface area contributed by atoms with Crippen molar-refractivity contribution in [2.45, 2.75) is 108 Å². The number of fused-ring (bicyclic) bond motifs is 2. The summed E-state index contributed by atoms with van der Waals surface area (Å²) in [5.74, 6) is 1.13. The van der Waals surface area contributed by atoms with Crippen LogP contribution < -0.4 is 16.4 Å². The van der Waals surface area contributed by atoms with Gasteiger partial charge in [0, 0.05) is 43.1 Å². The van der Waals surface area contributed by atoms with Gasteiger partial charge in [-0.05, 0) is 113 Å². The Kier molecular flexibility index (Phi) is 10.5. The molecule has 1 aromatic carbocycles. The number of rotatable bonds is 14. The number of hydrogen-bond acceptors (Lipinski definition) is 12. The molecule has 7 heterocycles. The molecule has 4 N–H and O–H groups in total. The molecule has 2 saturated heterocycles. The van der Waals surface area contributed by atoms with E-state index >= 15 is 0 Å². The lowest BCUT2D eigenvalue weighted by atomic mass is 9.79. The summed E-state index contributed by atoms with van der Waals surface area (Å²) in [6.07, 6.45) is 13.7. The number of benzene rings is 1. The molecule has 0 bridgehead atoms. The lowest BCUT2D eigenvalue weighted by Crippen LogP contribution is -2.52. The Morgan fingerprint density at radius 1 is 0.918 bits per heavy atom. The minimum Gasteiger partial charge on any atom is -0.383 e. The number of amides is 4. The van der Waals surface area contributed by atoms with Gasteiger partial charge in [0.2, 0.25) is 17.7 Å². The molecular weight excluding hydrogens is 775 g/mol. The molecule has 4 aromatic heterocycles. The van der Waals surface area contributed by atoms with Crippen molar-refractivity contribution < 1.29 is 23.7 Å².